The van der Waals surface area contributed by atoms with Crippen molar-refractivity contribution in [1.29, 1.82) is 0 Å². The van der Waals surface area contributed by atoms with E-state index in [1.807, 2.05) is 11.4 Å². The second kappa shape index (κ2) is 5.75. The minimum Gasteiger partial charge on any atom is -0.315 e. The van der Waals surface area contributed by atoms with Crippen molar-refractivity contribution < 1.29 is 0 Å². The summed E-state index contributed by atoms with van der Waals surface area (Å²) in [6, 6.07) is 10.9. The summed E-state index contributed by atoms with van der Waals surface area (Å²) in [6.45, 7) is 7.09. The number of thiazole rings is 1. The molecule has 1 fully saturated rings. The van der Waals surface area contributed by atoms with Crippen LogP contribution in [0.5, 0.6) is 0 Å². The molecule has 0 aliphatic carbocycles. The van der Waals surface area contributed by atoms with Gasteiger partial charge in [-0.25, -0.2) is 0 Å². The van der Waals surface area contributed by atoms with Crippen LogP contribution in [0.1, 0.15) is 31.1 Å². The molecular formula is C16H21N3OS. The number of aromatic amines is 1. The van der Waals surface area contributed by atoms with E-state index in [9.17, 15) is 4.79 Å². The predicted octanol–water partition coefficient (Wildman–Crippen LogP) is 2.36. The lowest BCUT2D eigenvalue weighted by atomic mass is 9.95. The van der Waals surface area contributed by atoms with Crippen molar-refractivity contribution in [3.05, 3.63) is 56.6 Å². The van der Waals surface area contributed by atoms with Gasteiger partial charge in [0.25, 0.3) is 0 Å². The molecular weight excluding hydrogens is 282 g/mol. The minimum absolute atomic E-state index is 0.0238. The smallest absolute Gasteiger partial charge is 0.304 e. The number of benzene rings is 1. The molecule has 4 nitrogen and oxygen atoms in total. The first-order valence-corrected chi connectivity index (χ1v) is 8.12. The fourth-order valence-corrected chi connectivity index (χ4v) is 3.53. The number of hydrogen-bond acceptors (Lipinski definition) is 4. The lowest BCUT2D eigenvalue weighted by Gasteiger charge is -2.44. The summed E-state index contributed by atoms with van der Waals surface area (Å²) in [5, 5.41) is 5.55. The van der Waals surface area contributed by atoms with Crippen LogP contribution in [-0.2, 0) is 6.54 Å². The predicted molar refractivity (Wildman–Crippen MR) is 86.6 cm³/mol. The summed E-state index contributed by atoms with van der Waals surface area (Å²) in [6.07, 6.45) is 0. The molecule has 5 heteroatoms. The third-order valence-corrected chi connectivity index (χ3v) is 4.66. The molecule has 1 aromatic heterocycles. The van der Waals surface area contributed by atoms with Crippen LogP contribution in [0.3, 0.4) is 0 Å². The Hall–Kier alpha value is -1.43. The normalized spacial score (nSPS) is 22.3. The molecule has 21 heavy (non-hydrogen) atoms. The molecule has 1 atom stereocenters. The van der Waals surface area contributed by atoms with Gasteiger partial charge in [-0.2, -0.15) is 0 Å². The molecule has 1 saturated heterocycles. The van der Waals surface area contributed by atoms with Crippen LogP contribution in [0.4, 0.5) is 0 Å². The van der Waals surface area contributed by atoms with Crippen LogP contribution in [0.2, 0.25) is 0 Å². The first-order valence-electron chi connectivity index (χ1n) is 7.24. The highest BCUT2D eigenvalue weighted by atomic mass is 32.1. The molecule has 0 saturated carbocycles. The molecule has 1 aliphatic rings. The Morgan fingerprint density at radius 2 is 2.10 bits per heavy atom. The number of H-pyrrole nitrogens is 1. The largest absolute Gasteiger partial charge is 0.315 e. The topological polar surface area (TPSA) is 48.1 Å². The summed E-state index contributed by atoms with van der Waals surface area (Å²) >= 11 is 1.24. The molecule has 2 heterocycles. The molecule has 2 aromatic rings. The van der Waals surface area contributed by atoms with Crippen molar-refractivity contribution in [2.24, 2.45) is 0 Å². The standard InChI is InChI=1S/C16H21N3OS/c1-16(2)11-19(9-13-10-21-15(20)18-13)14(8-17-16)12-6-4-3-5-7-12/h3-7,10,14,17H,8-9,11H2,1-2H3,(H,18,20). The monoisotopic (exact) mass is 303 g/mol. The Morgan fingerprint density at radius 1 is 1.33 bits per heavy atom. The molecule has 0 bridgehead atoms. The van der Waals surface area contributed by atoms with Crippen LogP contribution in [0.25, 0.3) is 0 Å². The zero-order chi connectivity index (χ0) is 14.9. The maximum atomic E-state index is 11.3. The lowest BCUT2D eigenvalue weighted by Crippen LogP contribution is -2.57. The van der Waals surface area contributed by atoms with Gasteiger partial charge in [0.2, 0.25) is 0 Å². The fourth-order valence-electron chi connectivity index (χ4n) is 2.96. The Morgan fingerprint density at radius 3 is 2.76 bits per heavy atom. The van der Waals surface area contributed by atoms with Crippen molar-refractivity contribution in [2.45, 2.75) is 32.0 Å². The van der Waals surface area contributed by atoms with E-state index >= 15 is 0 Å². The lowest BCUT2D eigenvalue weighted by molar-refractivity contribution is 0.0869. The molecule has 1 unspecified atom stereocenters. The molecule has 112 valence electrons. The summed E-state index contributed by atoms with van der Waals surface area (Å²) in [7, 11) is 0. The van der Waals surface area contributed by atoms with Gasteiger partial charge in [-0.15, -0.1) is 0 Å². The second-order valence-corrected chi connectivity index (χ2v) is 7.11. The van der Waals surface area contributed by atoms with Gasteiger partial charge in [-0.3, -0.25) is 9.69 Å². The Balaban J connectivity index is 1.85. The van der Waals surface area contributed by atoms with Gasteiger partial charge in [0, 0.05) is 42.3 Å². The molecule has 0 radical (unpaired) electrons. The van der Waals surface area contributed by atoms with Gasteiger partial charge in [-0.05, 0) is 19.4 Å². The number of nitrogens with one attached hydrogen (secondary N) is 2. The van der Waals surface area contributed by atoms with E-state index in [-0.39, 0.29) is 10.4 Å². The van der Waals surface area contributed by atoms with Gasteiger partial charge in [-0.1, -0.05) is 41.7 Å². The van der Waals surface area contributed by atoms with Crippen LogP contribution in [0, 0.1) is 0 Å². The van der Waals surface area contributed by atoms with Crippen LogP contribution in [-0.4, -0.2) is 28.5 Å². The maximum absolute atomic E-state index is 11.3. The highest BCUT2D eigenvalue weighted by molar-refractivity contribution is 7.07. The highest BCUT2D eigenvalue weighted by Crippen LogP contribution is 2.28. The average molecular weight is 303 g/mol. The molecule has 1 aromatic carbocycles. The Labute approximate surface area is 128 Å². The zero-order valence-corrected chi connectivity index (χ0v) is 13.2. The van der Waals surface area contributed by atoms with Gasteiger partial charge < -0.3 is 10.3 Å². The number of nitrogens with zero attached hydrogens (tertiary/aromatic N) is 1. The van der Waals surface area contributed by atoms with Crippen molar-refractivity contribution in [2.75, 3.05) is 13.1 Å². The molecule has 0 amide bonds. The summed E-state index contributed by atoms with van der Waals surface area (Å²) in [5.41, 5.74) is 2.41. The zero-order valence-electron chi connectivity index (χ0n) is 12.4. The first kappa shape index (κ1) is 14.5. The minimum atomic E-state index is 0.0238. The van der Waals surface area contributed by atoms with Crippen LogP contribution in [0.15, 0.2) is 40.5 Å². The summed E-state index contributed by atoms with van der Waals surface area (Å²) in [4.78, 5) is 16.7. The van der Waals surface area contributed by atoms with E-state index in [0.29, 0.717) is 6.04 Å². The molecule has 0 spiro atoms. The van der Waals surface area contributed by atoms with Crippen molar-refractivity contribution in [1.82, 2.24) is 15.2 Å². The van der Waals surface area contributed by atoms with E-state index in [1.165, 1.54) is 16.9 Å². The van der Waals surface area contributed by atoms with Crippen molar-refractivity contribution in [3.8, 4) is 0 Å². The van der Waals surface area contributed by atoms with Gasteiger partial charge in [0.15, 0.2) is 0 Å². The SMILES string of the molecule is CC1(C)CN(Cc2csc(=O)[nH]2)C(c2ccccc2)CN1. The first-order chi connectivity index (χ1) is 10.0. The molecule has 2 N–H and O–H groups in total. The summed E-state index contributed by atoms with van der Waals surface area (Å²) < 4.78 is 0. The fraction of sp³-hybridized carbons (Fsp3) is 0.438. The van der Waals surface area contributed by atoms with Crippen molar-refractivity contribution >= 4 is 11.3 Å². The van der Waals surface area contributed by atoms with Gasteiger partial charge >= 0.3 is 4.87 Å². The van der Waals surface area contributed by atoms with Crippen molar-refractivity contribution in [3.63, 3.8) is 0 Å². The van der Waals surface area contributed by atoms with E-state index < -0.39 is 0 Å². The van der Waals surface area contributed by atoms with Gasteiger partial charge in [0.05, 0.1) is 0 Å². The van der Waals surface area contributed by atoms with E-state index in [2.05, 4.69) is 53.3 Å². The number of rotatable bonds is 3. The summed E-state index contributed by atoms with van der Waals surface area (Å²) in [5.74, 6) is 0. The quantitative estimate of drug-likeness (QED) is 0.915. The van der Waals surface area contributed by atoms with Gasteiger partial charge in [0.1, 0.15) is 0 Å². The molecule has 1 aliphatic heterocycles. The number of hydrogen-bond donors (Lipinski definition) is 2. The molecule has 3 rings (SSSR count). The Bertz CT molecular complexity index is 647. The highest BCUT2D eigenvalue weighted by Gasteiger charge is 2.33. The number of aromatic nitrogens is 1. The number of piperazine rings is 1. The third kappa shape index (κ3) is 3.43. The van der Waals surface area contributed by atoms with E-state index in [0.717, 1.165) is 25.3 Å². The average Bonchev–Trinajstić information content (AvgIpc) is 2.84. The maximum Gasteiger partial charge on any atom is 0.304 e. The Kier molecular flexibility index (Phi) is 3.97. The van der Waals surface area contributed by atoms with E-state index in [1.54, 1.807) is 0 Å². The van der Waals surface area contributed by atoms with E-state index in [4.69, 9.17) is 0 Å². The second-order valence-electron chi connectivity index (χ2n) is 6.27. The van der Waals surface area contributed by atoms with Crippen LogP contribution >= 0.6 is 11.3 Å². The third-order valence-electron chi connectivity index (χ3n) is 3.94. The van der Waals surface area contributed by atoms with Crippen LogP contribution < -0.4 is 10.2 Å².